The van der Waals surface area contributed by atoms with E-state index in [1.54, 1.807) is 23.9 Å². The summed E-state index contributed by atoms with van der Waals surface area (Å²) >= 11 is 7.59. The number of halogens is 1. The second-order valence-electron chi connectivity index (χ2n) is 4.42. The number of carbonyl (C=O) groups is 2. The number of nitrogens with one attached hydrogen (secondary N) is 2. The van der Waals surface area contributed by atoms with Crippen molar-refractivity contribution < 1.29 is 14.3 Å². The van der Waals surface area contributed by atoms with Crippen molar-refractivity contribution in [1.29, 1.82) is 0 Å². The lowest BCUT2D eigenvalue weighted by atomic mass is 10.2. The maximum absolute atomic E-state index is 11.9. The molecule has 0 saturated carbocycles. The number of benzene rings is 1. The molecular weight excluding hydrogens is 312 g/mol. The van der Waals surface area contributed by atoms with Gasteiger partial charge in [0.15, 0.2) is 0 Å². The minimum atomic E-state index is -0.664. The van der Waals surface area contributed by atoms with Crippen molar-refractivity contribution in [3.05, 3.63) is 28.8 Å². The van der Waals surface area contributed by atoms with Crippen LogP contribution in [-0.4, -0.2) is 37.2 Å². The number of ether oxygens (including phenoxy) is 1. The van der Waals surface area contributed by atoms with Crippen LogP contribution in [-0.2, 0) is 9.53 Å². The van der Waals surface area contributed by atoms with Crippen LogP contribution in [0, 0.1) is 6.92 Å². The van der Waals surface area contributed by atoms with E-state index < -0.39 is 18.0 Å². The molecule has 1 aromatic carbocycles. The van der Waals surface area contributed by atoms with Crippen molar-refractivity contribution in [3.8, 4) is 0 Å². The summed E-state index contributed by atoms with van der Waals surface area (Å²) in [6.45, 7) is 1.88. The Morgan fingerprint density at radius 2 is 2.14 bits per heavy atom. The van der Waals surface area contributed by atoms with Crippen LogP contribution in [0.4, 0.5) is 10.5 Å². The Morgan fingerprint density at radius 1 is 1.43 bits per heavy atom. The van der Waals surface area contributed by atoms with E-state index in [-0.39, 0.29) is 0 Å². The SMILES string of the molecule is COC(=O)[C@H](CCSC)NC(=O)Nc1ccc(C)c(Cl)c1. The number of carbonyl (C=O) groups excluding carboxylic acids is 2. The summed E-state index contributed by atoms with van der Waals surface area (Å²) in [6.07, 6.45) is 2.44. The molecule has 0 radical (unpaired) electrons. The van der Waals surface area contributed by atoms with Crippen LogP contribution in [0.2, 0.25) is 5.02 Å². The Bertz CT molecular complexity index is 511. The first-order chi connectivity index (χ1) is 9.97. The lowest BCUT2D eigenvalue weighted by molar-refractivity contribution is -0.142. The maximum atomic E-state index is 11.9. The van der Waals surface area contributed by atoms with Crippen LogP contribution in [0.25, 0.3) is 0 Å². The Balaban J connectivity index is 2.64. The number of urea groups is 1. The number of aryl methyl sites for hydroxylation is 1. The molecule has 2 N–H and O–H groups in total. The molecule has 0 aliphatic carbocycles. The largest absolute Gasteiger partial charge is 0.467 e. The molecule has 5 nitrogen and oxygen atoms in total. The van der Waals surface area contributed by atoms with E-state index in [4.69, 9.17) is 11.6 Å². The van der Waals surface area contributed by atoms with Crippen molar-refractivity contribution in [2.75, 3.05) is 24.4 Å². The summed E-state index contributed by atoms with van der Waals surface area (Å²) in [7, 11) is 1.30. The average molecular weight is 331 g/mol. The normalized spacial score (nSPS) is 11.6. The molecule has 1 rings (SSSR count). The molecule has 0 unspecified atom stereocenters. The number of rotatable bonds is 6. The standard InChI is InChI=1S/C14H19ClN2O3S/c1-9-4-5-10(8-11(9)15)16-14(19)17-12(6-7-21-3)13(18)20-2/h4-5,8,12H,6-7H2,1-3H3,(H2,16,17,19)/t12-/m0/s1. The van der Waals surface area contributed by atoms with Gasteiger partial charge in [0.05, 0.1) is 7.11 Å². The third-order valence-corrected chi connectivity index (χ3v) is 3.88. The van der Waals surface area contributed by atoms with Gasteiger partial charge in [-0.1, -0.05) is 17.7 Å². The van der Waals surface area contributed by atoms with Gasteiger partial charge >= 0.3 is 12.0 Å². The van der Waals surface area contributed by atoms with Crippen molar-refractivity contribution in [2.45, 2.75) is 19.4 Å². The smallest absolute Gasteiger partial charge is 0.328 e. The lowest BCUT2D eigenvalue weighted by Gasteiger charge is -2.16. The summed E-state index contributed by atoms with van der Waals surface area (Å²) in [6, 6.07) is 4.08. The maximum Gasteiger partial charge on any atom is 0.328 e. The Morgan fingerprint density at radius 3 is 2.71 bits per heavy atom. The fraction of sp³-hybridized carbons (Fsp3) is 0.429. The fourth-order valence-corrected chi connectivity index (χ4v) is 2.27. The summed E-state index contributed by atoms with van der Waals surface area (Å²) in [5, 5.41) is 5.82. The number of amides is 2. The first kappa shape index (κ1) is 17.7. The van der Waals surface area contributed by atoms with Gasteiger partial charge in [-0.15, -0.1) is 0 Å². The topological polar surface area (TPSA) is 67.4 Å². The molecule has 0 fully saturated rings. The molecule has 0 spiro atoms. The van der Waals surface area contributed by atoms with Crippen molar-refractivity contribution >= 4 is 41.1 Å². The van der Waals surface area contributed by atoms with Crippen molar-refractivity contribution in [3.63, 3.8) is 0 Å². The number of hydrogen-bond acceptors (Lipinski definition) is 4. The van der Waals surface area contributed by atoms with E-state index in [1.165, 1.54) is 7.11 Å². The zero-order valence-electron chi connectivity index (χ0n) is 12.2. The number of hydrogen-bond donors (Lipinski definition) is 2. The molecule has 21 heavy (non-hydrogen) atoms. The first-order valence-electron chi connectivity index (χ1n) is 6.38. The lowest BCUT2D eigenvalue weighted by Crippen LogP contribution is -2.44. The molecule has 7 heteroatoms. The van der Waals surface area contributed by atoms with Gasteiger partial charge in [0.2, 0.25) is 0 Å². The third kappa shape index (κ3) is 5.85. The summed E-state index contributed by atoms with van der Waals surface area (Å²) in [5.41, 5.74) is 1.49. The van der Waals surface area contributed by atoms with Crippen molar-refractivity contribution in [2.24, 2.45) is 0 Å². The van der Waals surface area contributed by atoms with E-state index in [1.807, 2.05) is 19.2 Å². The monoisotopic (exact) mass is 330 g/mol. The molecule has 0 aliphatic rings. The predicted octanol–water partition coefficient (Wildman–Crippen LogP) is 3.06. The highest BCUT2D eigenvalue weighted by molar-refractivity contribution is 7.98. The van der Waals surface area contributed by atoms with Gasteiger partial charge in [-0.3, -0.25) is 0 Å². The van der Waals surface area contributed by atoms with E-state index in [0.29, 0.717) is 17.1 Å². The molecule has 0 heterocycles. The highest BCUT2D eigenvalue weighted by Gasteiger charge is 2.20. The van der Waals surface area contributed by atoms with Gasteiger partial charge in [-0.25, -0.2) is 9.59 Å². The summed E-state index contributed by atoms with van der Waals surface area (Å²) in [5.74, 6) is 0.289. The Kier molecular flexibility index (Phi) is 7.39. The minimum absolute atomic E-state index is 0.457. The Labute approximate surface area is 133 Å². The van der Waals surface area contributed by atoms with Gasteiger partial charge < -0.3 is 15.4 Å². The Hall–Kier alpha value is -1.40. The first-order valence-corrected chi connectivity index (χ1v) is 8.15. The number of anilines is 1. The molecule has 0 bridgehead atoms. The zero-order valence-corrected chi connectivity index (χ0v) is 13.8. The van der Waals surface area contributed by atoms with Gasteiger partial charge in [-0.2, -0.15) is 11.8 Å². The van der Waals surface area contributed by atoms with E-state index in [2.05, 4.69) is 15.4 Å². The predicted molar refractivity (Wildman–Crippen MR) is 87.1 cm³/mol. The number of methoxy groups -OCH3 is 1. The molecule has 2 amide bonds. The van der Waals surface area contributed by atoms with Crippen LogP contribution in [0.1, 0.15) is 12.0 Å². The van der Waals surface area contributed by atoms with Crippen molar-refractivity contribution in [1.82, 2.24) is 5.32 Å². The summed E-state index contributed by atoms with van der Waals surface area (Å²) < 4.78 is 4.68. The second kappa shape index (κ2) is 8.79. The molecule has 0 saturated heterocycles. The molecule has 1 aromatic rings. The molecule has 0 aliphatic heterocycles. The van der Waals surface area contributed by atoms with E-state index in [0.717, 1.165) is 11.3 Å². The molecule has 0 aromatic heterocycles. The van der Waals surface area contributed by atoms with Crippen LogP contribution in [0.15, 0.2) is 18.2 Å². The quantitative estimate of drug-likeness (QED) is 0.787. The van der Waals surface area contributed by atoms with Gasteiger partial charge in [0.25, 0.3) is 0 Å². The zero-order chi connectivity index (χ0) is 15.8. The minimum Gasteiger partial charge on any atom is -0.467 e. The summed E-state index contributed by atoms with van der Waals surface area (Å²) in [4.78, 5) is 23.5. The molecular formula is C14H19ClN2O3S. The highest BCUT2D eigenvalue weighted by atomic mass is 35.5. The van der Waals surface area contributed by atoms with E-state index in [9.17, 15) is 9.59 Å². The van der Waals surface area contributed by atoms with E-state index >= 15 is 0 Å². The van der Waals surface area contributed by atoms with Gasteiger partial charge in [-0.05, 0) is 43.0 Å². The number of esters is 1. The number of thioether (sulfide) groups is 1. The fourth-order valence-electron chi connectivity index (χ4n) is 1.62. The molecule has 1 atom stereocenters. The van der Waals surface area contributed by atoms with Gasteiger partial charge in [0.1, 0.15) is 6.04 Å². The highest BCUT2D eigenvalue weighted by Crippen LogP contribution is 2.19. The second-order valence-corrected chi connectivity index (χ2v) is 5.81. The third-order valence-electron chi connectivity index (χ3n) is 2.83. The van der Waals surface area contributed by atoms with Crippen LogP contribution in [0.3, 0.4) is 0 Å². The van der Waals surface area contributed by atoms with Gasteiger partial charge in [0, 0.05) is 10.7 Å². The van der Waals surface area contributed by atoms with Crippen LogP contribution >= 0.6 is 23.4 Å². The molecule has 116 valence electrons. The van der Waals surface area contributed by atoms with Crippen LogP contribution in [0.5, 0.6) is 0 Å². The van der Waals surface area contributed by atoms with Crippen LogP contribution < -0.4 is 10.6 Å². The average Bonchev–Trinajstić information content (AvgIpc) is 2.46.